The van der Waals surface area contributed by atoms with E-state index in [0.717, 1.165) is 42.5 Å². The third-order valence-corrected chi connectivity index (χ3v) is 13.2. The molecule has 0 amide bonds. The third kappa shape index (κ3) is 12.1. The van der Waals surface area contributed by atoms with Gasteiger partial charge in [-0.25, -0.2) is 25.3 Å². The molecule has 0 heterocycles. The monoisotopic (exact) mass is 1030 g/mol. The van der Waals surface area contributed by atoms with Crippen molar-refractivity contribution in [3.05, 3.63) is 121 Å². The topological polar surface area (TPSA) is 349 Å². The van der Waals surface area contributed by atoms with E-state index in [9.17, 15) is 57.0 Å². The number of azo groups is 3. The summed E-state index contributed by atoms with van der Waals surface area (Å²) in [5, 5.41) is 38.6. The molecule has 28 heteroatoms. The summed E-state index contributed by atoms with van der Waals surface area (Å²) in [6.45, 7) is 0. The molecule has 0 aliphatic carbocycles. The molecule has 0 bridgehead atoms. The molecule has 0 radical (unpaired) electrons. The molecule has 0 spiro atoms. The number of hydrogen-bond donors (Lipinski definition) is 2. The predicted octanol–water partition coefficient (Wildman–Crippen LogP) is -3.82. The van der Waals surface area contributed by atoms with E-state index in [2.05, 4.69) is 30.7 Å². The third-order valence-electron chi connectivity index (χ3n) is 9.69. The van der Waals surface area contributed by atoms with Gasteiger partial charge in [-0.3, -0.25) is 4.55 Å². The van der Waals surface area contributed by atoms with Gasteiger partial charge in [-0.1, -0.05) is 54.3 Å². The maximum atomic E-state index is 13.3. The van der Waals surface area contributed by atoms with Crippen LogP contribution in [0.1, 0.15) is 0 Å². The minimum Gasteiger partial charge on any atom is -0.871 e. The van der Waals surface area contributed by atoms with Crippen LogP contribution in [-0.4, -0.2) is 51.9 Å². The first-order valence-corrected chi connectivity index (χ1v) is 23.5. The van der Waals surface area contributed by atoms with Crippen LogP contribution in [-0.2, 0) is 40.5 Å². The fourth-order valence-corrected chi connectivity index (χ4v) is 9.44. The number of fused-ring (bicyclic) bond motifs is 4. The second-order valence-electron chi connectivity index (χ2n) is 13.7. The smallest absolute Gasteiger partial charge is 0.871 e. The fourth-order valence-electron chi connectivity index (χ4n) is 6.84. The Balaban J connectivity index is 0.00000252. The van der Waals surface area contributed by atoms with Crippen molar-refractivity contribution in [3.63, 3.8) is 0 Å². The Morgan fingerprint density at radius 1 is 0.397 bits per heavy atom. The minimum absolute atomic E-state index is 0. The van der Waals surface area contributed by atoms with E-state index in [0.29, 0.717) is 10.8 Å². The molecule has 8 rings (SSSR count). The molecule has 3 N–H and O–H groups in total. The van der Waals surface area contributed by atoms with Crippen molar-refractivity contribution in [2.45, 2.75) is 19.6 Å². The Morgan fingerprint density at radius 3 is 1.40 bits per heavy atom. The Kier molecular flexibility index (Phi) is 18.6. The predicted molar refractivity (Wildman–Crippen MR) is 226 cm³/mol. The summed E-state index contributed by atoms with van der Waals surface area (Å²) in [7, 11) is -20.2. The summed E-state index contributed by atoms with van der Waals surface area (Å²) in [6.07, 6.45) is 0. The Bertz CT molecular complexity index is 3910. The van der Waals surface area contributed by atoms with Gasteiger partial charge in [-0.05, 0) is 78.2 Å². The van der Waals surface area contributed by atoms with Crippen LogP contribution in [0.3, 0.4) is 0 Å². The molecule has 0 atom stereocenters. The molecule has 0 fully saturated rings. The number of nitrogens with two attached hydrogens (primary N) is 1. The number of rotatable bonds is 10. The van der Waals surface area contributed by atoms with Gasteiger partial charge in [-0.15, -0.1) is 20.5 Å². The molecule has 0 saturated heterocycles. The van der Waals surface area contributed by atoms with Gasteiger partial charge in [0.2, 0.25) is 0 Å². The van der Waals surface area contributed by atoms with Crippen LogP contribution in [0, 0.1) is 0 Å². The van der Waals surface area contributed by atoms with E-state index < -0.39 is 71.5 Å². The zero-order valence-electron chi connectivity index (χ0n) is 35.8. The van der Waals surface area contributed by atoms with Crippen LogP contribution in [0.2, 0.25) is 0 Å². The van der Waals surface area contributed by atoms with Crippen molar-refractivity contribution in [2.75, 3.05) is 5.73 Å². The second kappa shape index (κ2) is 22.1. The maximum Gasteiger partial charge on any atom is 1.00 e. The van der Waals surface area contributed by atoms with E-state index >= 15 is 0 Å². The average molecular weight is 1030 g/mol. The van der Waals surface area contributed by atoms with Crippen molar-refractivity contribution >= 4 is 123 Å². The van der Waals surface area contributed by atoms with Gasteiger partial charge in [0.1, 0.15) is 35.2 Å². The van der Waals surface area contributed by atoms with Gasteiger partial charge in [-0.2, -0.15) is 18.6 Å². The number of anilines is 1. The van der Waals surface area contributed by atoms with Crippen molar-refractivity contribution in [1.82, 2.24) is 0 Å². The van der Waals surface area contributed by atoms with Crippen LogP contribution in [0.4, 0.5) is 39.8 Å². The Hall–Kier alpha value is -3.16. The Labute approximate surface area is 475 Å². The van der Waals surface area contributed by atoms with Crippen LogP contribution < -0.4 is 129 Å². The van der Waals surface area contributed by atoms with Crippen molar-refractivity contribution in [1.29, 1.82) is 0 Å². The number of nitrogens with zero attached hydrogens (tertiary/aromatic N) is 6. The summed E-state index contributed by atoms with van der Waals surface area (Å²) in [4.78, 5) is -2.90. The van der Waals surface area contributed by atoms with Crippen molar-refractivity contribution in [3.8, 4) is 5.75 Å². The van der Waals surface area contributed by atoms with Crippen molar-refractivity contribution < 1.29 is 175 Å². The van der Waals surface area contributed by atoms with Gasteiger partial charge in [0.15, 0.2) is 0 Å². The quantitative estimate of drug-likeness (QED) is 0.0574. The molecule has 20 nitrogen and oxygen atoms in total. The van der Waals surface area contributed by atoms with E-state index in [-0.39, 0.29) is 185 Å². The van der Waals surface area contributed by atoms with E-state index in [1.807, 2.05) is 0 Å². The number of nitrogen functional groups attached to an aromatic ring is 1. The molecule has 0 saturated carbocycles. The second-order valence-corrected chi connectivity index (χ2v) is 19.2. The maximum absolute atomic E-state index is 13.3. The van der Waals surface area contributed by atoms with Crippen LogP contribution in [0.5, 0.6) is 5.75 Å². The minimum atomic E-state index is -5.18. The molecule has 8 aromatic carbocycles. The largest absolute Gasteiger partial charge is 1.00 e. The molecular weight excluding hydrogens is 1010 g/mol. The van der Waals surface area contributed by atoms with Crippen LogP contribution in [0.15, 0.2) is 172 Å². The first kappa shape index (κ1) is 57.4. The molecule has 0 aliphatic rings. The molecule has 324 valence electrons. The normalized spacial score (nSPS) is 12.4. The number of benzene rings is 8. The van der Waals surface area contributed by atoms with E-state index in [4.69, 9.17) is 5.73 Å². The van der Waals surface area contributed by atoms with E-state index in [1.54, 1.807) is 24.3 Å². The number of hydrogen-bond acceptors (Lipinski definition) is 19. The first-order chi connectivity index (χ1) is 30.1. The van der Waals surface area contributed by atoms with Crippen molar-refractivity contribution in [2.24, 2.45) is 30.7 Å². The van der Waals surface area contributed by atoms with E-state index in [1.165, 1.54) is 54.6 Å². The molecule has 68 heavy (non-hydrogen) atoms. The molecule has 0 unspecified atom stereocenters. The summed E-state index contributed by atoms with van der Waals surface area (Å²) in [5.41, 5.74) is 5.66. The molecule has 0 aliphatic heterocycles. The summed E-state index contributed by atoms with van der Waals surface area (Å²) >= 11 is 0. The standard InChI is InChI=1S/C40H27N7O13S4.4Na/c41-21-8-10-28-30(16-21)39(64(58,59)60)20-36(40(28)48)47-46-35-15-14-34(26-11-9-23(19-29(26)35)61(49,50)51)45-44-33-13-12-32(24-4-1-2-5-25(24)33)43-42-22-17-31-27(38(18-22)63(55,56)57)6-3-7-37(31)62(52,53)54;;;;/h1-20,48H,41H2,(H,49,50,51)(H,52,53,54)(H,55,56,57)(H,58,59,60);;;;/q;4*+1/p-4. The summed E-state index contributed by atoms with van der Waals surface area (Å²) < 4.78 is 143. The zero-order valence-corrected chi connectivity index (χ0v) is 47.1. The SMILES string of the molecule is Nc1ccc2c([O-])c(N=Nc3ccc(N=Nc4ccc(N=Nc5cc(S(=O)(=O)[O-])c6cccc(S(=O)(=O)[O-])c6c5)c5ccccc45)c4ccc(S(=O)(=O)[O-])cc34)cc(S(=O)(=O)O)c2c1.[Na+].[Na+].[Na+].[Na+]. The summed E-state index contributed by atoms with van der Waals surface area (Å²) in [6, 6.07) is 25.6. The fraction of sp³-hybridized carbons (Fsp3) is 0. The van der Waals surface area contributed by atoms with Gasteiger partial charge < -0.3 is 24.5 Å². The van der Waals surface area contributed by atoms with Crippen LogP contribution in [0.25, 0.3) is 43.1 Å². The molecule has 0 aromatic heterocycles. The van der Waals surface area contributed by atoms with Gasteiger partial charge >= 0.3 is 118 Å². The van der Waals surface area contributed by atoms with Gasteiger partial charge in [0.25, 0.3) is 10.1 Å². The van der Waals surface area contributed by atoms with Crippen LogP contribution >= 0.6 is 0 Å². The Morgan fingerprint density at radius 2 is 0.868 bits per heavy atom. The summed E-state index contributed by atoms with van der Waals surface area (Å²) in [5.74, 6) is -0.770. The first-order valence-electron chi connectivity index (χ1n) is 17.9. The average Bonchev–Trinajstić information content (AvgIpc) is 3.22. The van der Waals surface area contributed by atoms with Gasteiger partial charge in [0.05, 0.1) is 48.8 Å². The molecular formula is C40H23N7Na4O13S4. The zero-order chi connectivity index (χ0) is 45.9. The van der Waals surface area contributed by atoms with Gasteiger partial charge in [0, 0.05) is 43.4 Å². The molecule has 8 aromatic rings.